The van der Waals surface area contributed by atoms with Crippen LogP contribution in [0.25, 0.3) is 11.1 Å². The molecular weight excluding hydrogens is 409 g/mol. The average Bonchev–Trinajstić information content (AvgIpc) is 2.96. The van der Waals surface area contributed by atoms with Crippen LogP contribution in [0.2, 0.25) is 0 Å². The van der Waals surface area contributed by atoms with Crippen molar-refractivity contribution in [1.29, 1.82) is 0 Å². The van der Waals surface area contributed by atoms with Crippen molar-refractivity contribution < 1.29 is 22.8 Å². The van der Waals surface area contributed by atoms with Crippen molar-refractivity contribution in [3.63, 3.8) is 0 Å². The number of carbonyl (C=O) groups is 2. The quantitative estimate of drug-likeness (QED) is 0.670. The Labute approximate surface area is 178 Å². The van der Waals surface area contributed by atoms with Crippen LogP contribution >= 0.6 is 0 Å². The van der Waals surface area contributed by atoms with Crippen molar-refractivity contribution in [1.82, 2.24) is 9.97 Å². The molecule has 1 fully saturated rings. The summed E-state index contributed by atoms with van der Waals surface area (Å²) in [6.45, 7) is 2.49. The lowest BCUT2D eigenvalue weighted by Crippen LogP contribution is -2.35. The molecule has 1 aliphatic carbocycles. The second-order valence-electron chi connectivity index (χ2n) is 7.71. The minimum Gasteiger partial charge on any atom is -0.367 e. The Morgan fingerprint density at radius 1 is 1.00 bits per heavy atom. The van der Waals surface area contributed by atoms with E-state index in [0.717, 1.165) is 55.6 Å². The number of rotatable bonds is 4. The highest BCUT2D eigenvalue weighted by Crippen LogP contribution is 2.34. The fourth-order valence-electron chi connectivity index (χ4n) is 3.76. The Morgan fingerprint density at radius 2 is 1.58 bits per heavy atom. The highest BCUT2D eigenvalue weighted by Gasteiger charge is 2.30. The van der Waals surface area contributed by atoms with Crippen LogP contribution in [0.3, 0.4) is 0 Å². The summed E-state index contributed by atoms with van der Waals surface area (Å²) < 4.78 is 38.8. The van der Waals surface area contributed by atoms with Gasteiger partial charge in [-0.05, 0) is 30.5 Å². The zero-order valence-corrected chi connectivity index (χ0v) is 17.5. The first-order chi connectivity index (χ1) is 14.7. The number of anilines is 2. The molecule has 0 atom stereocenters. The van der Waals surface area contributed by atoms with Gasteiger partial charge in [-0.25, -0.2) is 9.88 Å². The minimum atomic E-state index is -4.43. The maximum Gasteiger partial charge on any atom is 0.416 e. The molecule has 1 aliphatic rings. The summed E-state index contributed by atoms with van der Waals surface area (Å²) >= 11 is 0. The molecule has 31 heavy (non-hydrogen) atoms. The first-order valence-electron chi connectivity index (χ1n) is 10.3. The summed E-state index contributed by atoms with van der Waals surface area (Å²) in [5.41, 5.74) is 0.271. The van der Waals surface area contributed by atoms with Crippen molar-refractivity contribution in [2.75, 3.05) is 10.2 Å². The predicted molar refractivity (Wildman–Crippen MR) is 111 cm³/mol. The van der Waals surface area contributed by atoms with Gasteiger partial charge in [0.1, 0.15) is 5.82 Å². The van der Waals surface area contributed by atoms with E-state index in [0.29, 0.717) is 16.9 Å². The molecule has 0 spiro atoms. The van der Waals surface area contributed by atoms with Gasteiger partial charge in [-0.15, -0.1) is 0 Å². The molecule has 0 aliphatic heterocycles. The first kappa shape index (κ1) is 22.7. The maximum absolute atomic E-state index is 12.9. The van der Waals surface area contributed by atoms with Crippen molar-refractivity contribution >= 4 is 23.6 Å². The number of amides is 2. The van der Waals surface area contributed by atoms with E-state index in [-0.39, 0.29) is 12.0 Å². The molecule has 2 aromatic rings. The number of imide groups is 1. The Morgan fingerprint density at radius 3 is 2.10 bits per heavy atom. The second kappa shape index (κ2) is 9.45. The van der Waals surface area contributed by atoms with Crippen LogP contribution in [-0.2, 0) is 15.8 Å². The van der Waals surface area contributed by atoms with E-state index in [9.17, 15) is 22.8 Å². The lowest BCUT2D eigenvalue weighted by atomic mass is 10.0. The van der Waals surface area contributed by atoms with E-state index >= 15 is 0 Å². The summed E-state index contributed by atoms with van der Waals surface area (Å²) in [6, 6.07) is 4.90. The lowest BCUT2D eigenvalue weighted by Gasteiger charge is -2.22. The zero-order valence-electron chi connectivity index (χ0n) is 17.5. The van der Waals surface area contributed by atoms with Crippen molar-refractivity contribution in [3.05, 3.63) is 36.0 Å². The van der Waals surface area contributed by atoms with Crippen LogP contribution in [0.4, 0.5) is 24.9 Å². The van der Waals surface area contributed by atoms with E-state index in [1.165, 1.54) is 32.2 Å². The van der Waals surface area contributed by atoms with Crippen molar-refractivity contribution in [2.45, 2.75) is 64.6 Å². The van der Waals surface area contributed by atoms with E-state index in [1.54, 1.807) is 0 Å². The Bertz CT molecular complexity index is 923. The number of benzene rings is 1. The molecule has 0 radical (unpaired) electrons. The van der Waals surface area contributed by atoms with Crippen LogP contribution in [0, 0.1) is 0 Å². The largest absolute Gasteiger partial charge is 0.416 e. The number of aromatic nitrogens is 2. The minimum absolute atomic E-state index is 0.0632. The first-order valence-corrected chi connectivity index (χ1v) is 10.3. The molecule has 6 nitrogen and oxygen atoms in total. The number of nitrogens with one attached hydrogen (secondary N) is 1. The summed E-state index contributed by atoms with van der Waals surface area (Å²) in [7, 11) is 0. The number of hydrogen-bond donors (Lipinski definition) is 1. The molecule has 166 valence electrons. The molecule has 1 saturated carbocycles. The molecule has 0 bridgehead atoms. The molecular formula is C22H25F3N4O2. The molecule has 0 unspecified atom stereocenters. The van der Waals surface area contributed by atoms with E-state index in [4.69, 9.17) is 0 Å². The Hall–Kier alpha value is -2.97. The van der Waals surface area contributed by atoms with Gasteiger partial charge < -0.3 is 5.32 Å². The topological polar surface area (TPSA) is 75.2 Å². The van der Waals surface area contributed by atoms with Gasteiger partial charge >= 0.3 is 6.18 Å². The van der Waals surface area contributed by atoms with Gasteiger partial charge in [0.25, 0.3) is 0 Å². The van der Waals surface area contributed by atoms with Gasteiger partial charge in [-0.2, -0.15) is 18.2 Å². The molecule has 3 rings (SSSR count). The lowest BCUT2D eigenvalue weighted by molar-refractivity contribution is -0.137. The number of nitrogens with zero attached hydrogens (tertiary/aromatic N) is 3. The third kappa shape index (κ3) is 5.59. The van der Waals surface area contributed by atoms with Crippen molar-refractivity contribution in [2.24, 2.45) is 0 Å². The van der Waals surface area contributed by atoms with Gasteiger partial charge in [-0.1, -0.05) is 37.8 Å². The van der Waals surface area contributed by atoms with Crippen LogP contribution in [-0.4, -0.2) is 27.8 Å². The monoisotopic (exact) mass is 434 g/mol. The normalized spacial score (nSPS) is 15.3. The van der Waals surface area contributed by atoms with E-state index < -0.39 is 23.6 Å². The summed E-state index contributed by atoms with van der Waals surface area (Å²) in [5, 5.41) is 3.38. The predicted octanol–water partition coefficient (Wildman–Crippen LogP) is 5.20. The third-order valence-electron chi connectivity index (χ3n) is 5.33. The highest BCUT2D eigenvalue weighted by atomic mass is 19.4. The molecule has 0 saturated heterocycles. The van der Waals surface area contributed by atoms with E-state index in [2.05, 4.69) is 15.3 Å². The van der Waals surface area contributed by atoms with Gasteiger partial charge in [0.15, 0.2) is 0 Å². The summed E-state index contributed by atoms with van der Waals surface area (Å²) in [4.78, 5) is 33.3. The second-order valence-corrected chi connectivity index (χ2v) is 7.71. The molecule has 2 amide bonds. The smallest absolute Gasteiger partial charge is 0.367 e. The Balaban J connectivity index is 2.02. The maximum atomic E-state index is 12.9. The van der Waals surface area contributed by atoms with Gasteiger partial charge in [0.05, 0.1) is 5.56 Å². The number of halogens is 3. The van der Waals surface area contributed by atoms with Crippen LogP contribution in [0.5, 0.6) is 0 Å². The fraction of sp³-hybridized carbons (Fsp3) is 0.455. The number of alkyl halides is 3. The van der Waals surface area contributed by atoms with Gasteiger partial charge in [0.2, 0.25) is 17.8 Å². The van der Waals surface area contributed by atoms with Crippen molar-refractivity contribution in [3.8, 4) is 11.1 Å². The van der Waals surface area contributed by atoms with Gasteiger partial charge in [0, 0.05) is 31.6 Å². The van der Waals surface area contributed by atoms with Crippen LogP contribution < -0.4 is 10.2 Å². The summed E-state index contributed by atoms with van der Waals surface area (Å²) in [5.74, 6) is -0.707. The molecule has 9 heteroatoms. The zero-order chi connectivity index (χ0) is 22.6. The number of carbonyl (C=O) groups excluding carboxylic acids is 2. The highest BCUT2D eigenvalue weighted by molar-refractivity contribution is 6.12. The van der Waals surface area contributed by atoms with Gasteiger partial charge in [-0.3, -0.25) is 9.59 Å². The number of hydrogen-bond acceptors (Lipinski definition) is 5. The molecule has 1 aromatic carbocycles. The van der Waals surface area contributed by atoms with Crippen LogP contribution in [0.1, 0.15) is 57.9 Å². The van der Waals surface area contributed by atoms with Crippen LogP contribution in [0.15, 0.2) is 30.5 Å². The SMILES string of the molecule is CC(=O)N(C(C)=O)c1ncc(-c2ccc(C(F)(F)F)cc2)c(NC2CCCCCC2)n1. The molecule has 1 heterocycles. The summed E-state index contributed by atoms with van der Waals surface area (Å²) in [6.07, 6.45) is 3.33. The van der Waals surface area contributed by atoms with E-state index in [1.807, 2.05) is 0 Å². The average molecular weight is 434 g/mol. The Kier molecular flexibility index (Phi) is 6.92. The molecule has 1 N–H and O–H groups in total. The standard InChI is InChI=1S/C22H25F3N4O2/c1-14(30)29(15(2)31)21-26-13-19(16-9-11-17(12-10-16)22(23,24)25)20(28-21)27-18-7-5-3-4-6-8-18/h9-13,18H,3-8H2,1-2H3,(H,26,27,28). The fourth-order valence-corrected chi connectivity index (χ4v) is 3.76. The third-order valence-corrected chi connectivity index (χ3v) is 5.33. The molecule has 1 aromatic heterocycles.